The molecule has 4 rings (SSSR count). The summed E-state index contributed by atoms with van der Waals surface area (Å²) in [7, 11) is 0. The molecule has 0 saturated heterocycles. The molecule has 3 heterocycles. The average molecular weight is 327 g/mol. The van der Waals surface area contributed by atoms with E-state index in [4.69, 9.17) is 4.74 Å². The first-order valence-corrected chi connectivity index (χ1v) is 8.48. The van der Waals surface area contributed by atoms with Crippen molar-refractivity contribution in [3.8, 4) is 5.75 Å². The maximum absolute atomic E-state index is 12.3. The van der Waals surface area contributed by atoms with Crippen molar-refractivity contribution in [2.24, 2.45) is 0 Å². The quantitative estimate of drug-likeness (QED) is 0.725. The summed E-state index contributed by atoms with van der Waals surface area (Å²) >= 11 is 1.51. The predicted molar refractivity (Wildman–Crippen MR) is 90.1 cm³/mol. The Morgan fingerprint density at radius 2 is 2.22 bits per heavy atom. The van der Waals surface area contributed by atoms with Gasteiger partial charge in [-0.05, 0) is 13.0 Å². The van der Waals surface area contributed by atoms with Gasteiger partial charge in [0.05, 0.1) is 5.69 Å². The number of aromatic nitrogens is 2. The van der Waals surface area contributed by atoms with Crippen LogP contribution in [0.25, 0.3) is 4.96 Å². The zero-order valence-electron chi connectivity index (χ0n) is 12.9. The van der Waals surface area contributed by atoms with Gasteiger partial charge in [0.15, 0.2) is 4.96 Å². The largest absolute Gasteiger partial charge is 0.492 e. The number of para-hydroxylation sites is 1. The lowest BCUT2D eigenvalue weighted by molar-refractivity contribution is 0.218. The van der Waals surface area contributed by atoms with Crippen molar-refractivity contribution >= 4 is 16.3 Å². The molecular formula is C17H17N3O2S. The van der Waals surface area contributed by atoms with Crippen LogP contribution in [0.1, 0.15) is 17.0 Å². The van der Waals surface area contributed by atoms with E-state index in [1.165, 1.54) is 16.9 Å². The van der Waals surface area contributed by atoms with E-state index < -0.39 is 0 Å². The molecule has 0 unspecified atom stereocenters. The van der Waals surface area contributed by atoms with E-state index in [1.54, 1.807) is 10.5 Å². The topological polar surface area (TPSA) is 46.8 Å². The SMILES string of the molecule is Cc1csc2nc(CN3CCOc4ccccc4C3)cc(=O)n12. The number of nitrogens with zero attached hydrogens (tertiary/aromatic N) is 3. The van der Waals surface area contributed by atoms with Crippen LogP contribution in [0.4, 0.5) is 0 Å². The van der Waals surface area contributed by atoms with Gasteiger partial charge in [-0.25, -0.2) is 4.98 Å². The van der Waals surface area contributed by atoms with Crippen molar-refractivity contribution in [1.82, 2.24) is 14.3 Å². The second kappa shape index (κ2) is 5.79. The van der Waals surface area contributed by atoms with Gasteiger partial charge in [-0.1, -0.05) is 18.2 Å². The second-order valence-corrected chi connectivity index (χ2v) is 6.58. The fraction of sp³-hybridized carbons (Fsp3) is 0.294. The first-order valence-electron chi connectivity index (χ1n) is 7.60. The number of thiazole rings is 1. The molecule has 1 aliphatic rings. The standard InChI is InChI=1S/C17H17N3O2S/c1-12-11-23-17-18-14(8-16(21)20(12)17)10-19-6-7-22-15-5-3-2-4-13(15)9-19/h2-5,8,11H,6-7,9-10H2,1H3. The lowest BCUT2D eigenvalue weighted by Gasteiger charge is -2.18. The number of ether oxygens (including phenoxy) is 1. The molecule has 23 heavy (non-hydrogen) atoms. The number of aryl methyl sites for hydroxylation is 1. The highest BCUT2D eigenvalue weighted by molar-refractivity contribution is 7.15. The molecule has 0 radical (unpaired) electrons. The van der Waals surface area contributed by atoms with Crippen molar-refractivity contribution in [3.63, 3.8) is 0 Å². The summed E-state index contributed by atoms with van der Waals surface area (Å²) < 4.78 is 7.45. The highest BCUT2D eigenvalue weighted by Gasteiger charge is 2.16. The molecule has 118 valence electrons. The zero-order valence-corrected chi connectivity index (χ0v) is 13.7. The fourth-order valence-corrected chi connectivity index (χ4v) is 3.82. The minimum absolute atomic E-state index is 0.00442. The Morgan fingerprint density at radius 1 is 1.35 bits per heavy atom. The van der Waals surface area contributed by atoms with E-state index in [2.05, 4.69) is 16.0 Å². The molecule has 0 saturated carbocycles. The Hall–Kier alpha value is -2.18. The lowest BCUT2D eigenvalue weighted by Crippen LogP contribution is -2.27. The first kappa shape index (κ1) is 14.4. The van der Waals surface area contributed by atoms with Crippen LogP contribution >= 0.6 is 11.3 Å². The van der Waals surface area contributed by atoms with Crippen molar-refractivity contribution in [2.45, 2.75) is 20.0 Å². The van der Waals surface area contributed by atoms with Crippen LogP contribution in [0.2, 0.25) is 0 Å². The van der Waals surface area contributed by atoms with Gasteiger partial charge in [-0.3, -0.25) is 14.1 Å². The molecule has 1 aromatic carbocycles. The maximum Gasteiger partial charge on any atom is 0.259 e. The first-order chi connectivity index (χ1) is 11.2. The van der Waals surface area contributed by atoms with Crippen molar-refractivity contribution in [2.75, 3.05) is 13.2 Å². The van der Waals surface area contributed by atoms with E-state index in [1.807, 2.05) is 30.5 Å². The highest BCUT2D eigenvalue weighted by Crippen LogP contribution is 2.23. The molecule has 3 aromatic rings. The highest BCUT2D eigenvalue weighted by atomic mass is 32.1. The van der Waals surface area contributed by atoms with E-state index in [0.717, 1.165) is 35.2 Å². The van der Waals surface area contributed by atoms with E-state index in [-0.39, 0.29) is 5.56 Å². The minimum atomic E-state index is -0.00442. The van der Waals surface area contributed by atoms with Gasteiger partial charge in [-0.15, -0.1) is 11.3 Å². The average Bonchev–Trinajstić information content (AvgIpc) is 2.78. The summed E-state index contributed by atoms with van der Waals surface area (Å²) in [5.74, 6) is 0.951. The molecule has 0 amide bonds. The molecule has 0 aliphatic carbocycles. The second-order valence-electron chi connectivity index (χ2n) is 5.75. The number of benzene rings is 1. The number of hydrogen-bond donors (Lipinski definition) is 0. The Bertz CT molecular complexity index is 916. The maximum atomic E-state index is 12.3. The molecule has 0 fully saturated rings. The third-order valence-corrected chi connectivity index (χ3v) is 4.99. The number of rotatable bonds is 2. The van der Waals surface area contributed by atoms with Gasteiger partial charge < -0.3 is 4.74 Å². The molecule has 0 spiro atoms. The third kappa shape index (κ3) is 2.75. The summed E-state index contributed by atoms with van der Waals surface area (Å²) in [5, 5.41) is 1.96. The minimum Gasteiger partial charge on any atom is -0.492 e. The molecule has 0 bridgehead atoms. The van der Waals surface area contributed by atoms with Crippen LogP contribution in [-0.4, -0.2) is 27.4 Å². The molecule has 1 aliphatic heterocycles. The summed E-state index contributed by atoms with van der Waals surface area (Å²) in [6.07, 6.45) is 0. The normalized spacial score (nSPS) is 15.2. The Labute approximate surface area is 137 Å². The van der Waals surface area contributed by atoms with Crippen LogP contribution < -0.4 is 10.3 Å². The van der Waals surface area contributed by atoms with E-state index in [9.17, 15) is 4.79 Å². The van der Waals surface area contributed by atoms with E-state index in [0.29, 0.717) is 13.2 Å². The molecular weight excluding hydrogens is 310 g/mol. The van der Waals surface area contributed by atoms with Crippen LogP contribution in [0.3, 0.4) is 0 Å². The van der Waals surface area contributed by atoms with Crippen LogP contribution in [0.15, 0.2) is 40.5 Å². The van der Waals surface area contributed by atoms with Crippen LogP contribution in [0, 0.1) is 6.92 Å². The van der Waals surface area contributed by atoms with Gasteiger partial charge in [0.2, 0.25) is 0 Å². The Kier molecular flexibility index (Phi) is 3.63. The van der Waals surface area contributed by atoms with Gasteiger partial charge in [0.25, 0.3) is 5.56 Å². The van der Waals surface area contributed by atoms with Gasteiger partial charge in [0, 0.05) is 42.3 Å². The van der Waals surface area contributed by atoms with Crippen molar-refractivity contribution < 1.29 is 4.74 Å². The number of fused-ring (bicyclic) bond motifs is 2. The Balaban J connectivity index is 1.62. The third-order valence-electron chi connectivity index (χ3n) is 4.05. The molecule has 5 nitrogen and oxygen atoms in total. The molecule has 2 aromatic heterocycles. The number of hydrogen-bond acceptors (Lipinski definition) is 5. The summed E-state index contributed by atoms with van der Waals surface area (Å²) in [5.41, 5.74) is 2.92. The predicted octanol–water partition coefficient (Wildman–Crippen LogP) is 2.46. The zero-order chi connectivity index (χ0) is 15.8. The summed E-state index contributed by atoms with van der Waals surface area (Å²) in [6, 6.07) is 9.75. The summed E-state index contributed by atoms with van der Waals surface area (Å²) in [4.78, 5) is 19.9. The Morgan fingerprint density at radius 3 is 3.13 bits per heavy atom. The molecule has 0 N–H and O–H groups in total. The van der Waals surface area contributed by atoms with Crippen LogP contribution in [-0.2, 0) is 13.1 Å². The molecule has 6 heteroatoms. The van der Waals surface area contributed by atoms with Gasteiger partial charge in [-0.2, -0.15) is 0 Å². The monoisotopic (exact) mass is 327 g/mol. The van der Waals surface area contributed by atoms with E-state index >= 15 is 0 Å². The van der Waals surface area contributed by atoms with Gasteiger partial charge >= 0.3 is 0 Å². The lowest BCUT2D eigenvalue weighted by atomic mass is 10.2. The molecule has 0 atom stereocenters. The van der Waals surface area contributed by atoms with Gasteiger partial charge in [0.1, 0.15) is 12.4 Å². The summed E-state index contributed by atoms with van der Waals surface area (Å²) in [6.45, 7) is 4.85. The van der Waals surface area contributed by atoms with Crippen molar-refractivity contribution in [1.29, 1.82) is 0 Å². The van der Waals surface area contributed by atoms with Crippen molar-refractivity contribution in [3.05, 3.63) is 63.0 Å². The van der Waals surface area contributed by atoms with Crippen LogP contribution in [0.5, 0.6) is 5.75 Å². The smallest absolute Gasteiger partial charge is 0.259 e. The fourth-order valence-electron chi connectivity index (χ4n) is 2.93.